The highest BCUT2D eigenvalue weighted by molar-refractivity contribution is 5.96. The summed E-state index contributed by atoms with van der Waals surface area (Å²) in [7, 11) is 0. The van der Waals surface area contributed by atoms with E-state index in [1.165, 1.54) is 18.2 Å². The van der Waals surface area contributed by atoms with Crippen LogP contribution in [0.2, 0.25) is 0 Å². The highest BCUT2D eigenvalue weighted by atomic mass is 19.1. The third-order valence-corrected chi connectivity index (χ3v) is 2.63. The Labute approximate surface area is 120 Å². The van der Waals surface area contributed by atoms with E-state index in [1.54, 1.807) is 6.92 Å². The molecule has 0 saturated carbocycles. The van der Waals surface area contributed by atoms with Crippen molar-refractivity contribution in [2.45, 2.75) is 6.92 Å². The predicted molar refractivity (Wildman–Crippen MR) is 73.2 cm³/mol. The maximum atomic E-state index is 13.1. The van der Waals surface area contributed by atoms with Gasteiger partial charge in [-0.1, -0.05) is 6.07 Å². The highest BCUT2D eigenvalue weighted by Crippen LogP contribution is 2.31. The normalized spacial score (nSPS) is 10.2. The largest absolute Gasteiger partial charge is 0.462 e. The zero-order valence-corrected chi connectivity index (χ0v) is 11.2. The number of hydrogen-bond donors (Lipinski definition) is 1. The number of carbonyl (C=O) groups is 1. The quantitative estimate of drug-likeness (QED) is 0.692. The minimum atomic E-state index is -0.773. The van der Waals surface area contributed by atoms with E-state index in [4.69, 9.17) is 15.2 Å². The summed E-state index contributed by atoms with van der Waals surface area (Å²) in [6.45, 7) is 1.88. The first-order valence-corrected chi connectivity index (χ1v) is 6.20. The fourth-order valence-electron chi connectivity index (χ4n) is 1.73. The molecule has 4 nitrogen and oxygen atoms in total. The SMILES string of the molecule is CCOC(=O)c1cccc(Oc2cc(F)cc(F)c2)c1N. The lowest BCUT2D eigenvalue weighted by Crippen LogP contribution is -2.08. The topological polar surface area (TPSA) is 61.5 Å². The second-order valence-electron chi connectivity index (χ2n) is 4.15. The van der Waals surface area contributed by atoms with Crippen molar-refractivity contribution in [3.05, 3.63) is 53.6 Å². The Morgan fingerprint density at radius 2 is 1.86 bits per heavy atom. The number of anilines is 1. The molecule has 110 valence electrons. The van der Waals surface area contributed by atoms with Crippen LogP contribution in [-0.4, -0.2) is 12.6 Å². The number of esters is 1. The van der Waals surface area contributed by atoms with Gasteiger partial charge < -0.3 is 15.2 Å². The number of rotatable bonds is 4. The number of para-hydroxylation sites is 1. The number of ether oxygens (including phenoxy) is 2. The van der Waals surface area contributed by atoms with E-state index in [2.05, 4.69) is 0 Å². The van der Waals surface area contributed by atoms with Crippen molar-refractivity contribution in [1.29, 1.82) is 0 Å². The van der Waals surface area contributed by atoms with Crippen LogP contribution in [0, 0.1) is 11.6 Å². The van der Waals surface area contributed by atoms with E-state index in [1.807, 2.05) is 0 Å². The molecule has 0 heterocycles. The summed E-state index contributed by atoms with van der Waals surface area (Å²) in [6.07, 6.45) is 0. The molecule has 0 saturated heterocycles. The van der Waals surface area contributed by atoms with Crippen LogP contribution < -0.4 is 10.5 Å². The minimum absolute atomic E-state index is 0.0422. The molecule has 0 aliphatic rings. The monoisotopic (exact) mass is 293 g/mol. The first-order valence-electron chi connectivity index (χ1n) is 6.20. The average Bonchev–Trinajstić information content (AvgIpc) is 2.40. The zero-order valence-electron chi connectivity index (χ0n) is 11.2. The lowest BCUT2D eigenvalue weighted by atomic mass is 10.1. The van der Waals surface area contributed by atoms with Gasteiger partial charge >= 0.3 is 5.97 Å². The van der Waals surface area contributed by atoms with Crippen LogP contribution in [-0.2, 0) is 4.74 Å². The van der Waals surface area contributed by atoms with Crippen LogP contribution >= 0.6 is 0 Å². The first-order chi connectivity index (χ1) is 10.0. The van der Waals surface area contributed by atoms with Gasteiger partial charge in [0.2, 0.25) is 0 Å². The fraction of sp³-hybridized carbons (Fsp3) is 0.133. The molecule has 0 bridgehead atoms. The lowest BCUT2D eigenvalue weighted by Gasteiger charge is -2.11. The molecule has 0 aromatic heterocycles. The summed E-state index contributed by atoms with van der Waals surface area (Å²) in [6, 6.07) is 7.26. The number of carbonyl (C=O) groups excluding carboxylic acids is 1. The Balaban J connectivity index is 2.32. The van der Waals surface area contributed by atoms with E-state index in [9.17, 15) is 13.6 Å². The standard InChI is InChI=1S/C15H13F2NO3/c1-2-20-15(19)12-4-3-5-13(14(12)18)21-11-7-9(16)6-10(17)8-11/h3-8H,2,18H2,1H3. The molecule has 0 atom stereocenters. The van der Waals surface area contributed by atoms with Gasteiger partial charge in [-0.2, -0.15) is 0 Å². The van der Waals surface area contributed by atoms with Gasteiger partial charge in [0.25, 0.3) is 0 Å². The Morgan fingerprint density at radius 1 is 1.19 bits per heavy atom. The molecule has 21 heavy (non-hydrogen) atoms. The van der Waals surface area contributed by atoms with Crippen LogP contribution in [0.25, 0.3) is 0 Å². The van der Waals surface area contributed by atoms with E-state index >= 15 is 0 Å². The number of benzene rings is 2. The summed E-state index contributed by atoms with van der Waals surface area (Å²) >= 11 is 0. The van der Waals surface area contributed by atoms with Gasteiger partial charge in [0.1, 0.15) is 17.4 Å². The minimum Gasteiger partial charge on any atom is -0.462 e. The van der Waals surface area contributed by atoms with Gasteiger partial charge in [0.05, 0.1) is 17.9 Å². The highest BCUT2D eigenvalue weighted by Gasteiger charge is 2.15. The van der Waals surface area contributed by atoms with Gasteiger partial charge in [-0.05, 0) is 19.1 Å². The number of nitrogens with two attached hydrogens (primary N) is 1. The van der Waals surface area contributed by atoms with Gasteiger partial charge in [-0.3, -0.25) is 0 Å². The van der Waals surface area contributed by atoms with Crippen LogP contribution in [0.15, 0.2) is 36.4 Å². The molecule has 2 rings (SSSR count). The maximum Gasteiger partial charge on any atom is 0.340 e. The van der Waals surface area contributed by atoms with Gasteiger partial charge in [-0.25, -0.2) is 13.6 Å². The molecular formula is C15H13F2NO3. The second-order valence-corrected chi connectivity index (χ2v) is 4.15. The Morgan fingerprint density at radius 3 is 2.48 bits per heavy atom. The predicted octanol–water partition coefficient (Wildman–Crippen LogP) is 3.52. The molecule has 0 unspecified atom stereocenters. The van der Waals surface area contributed by atoms with Crippen LogP contribution in [0.3, 0.4) is 0 Å². The number of hydrogen-bond acceptors (Lipinski definition) is 4. The molecular weight excluding hydrogens is 280 g/mol. The molecule has 2 N–H and O–H groups in total. The van der Waals surface area contributed by atoms with Crippen molar-refractivity contribution in [1.82, 2.24) is 0 Å². The molecule has 0 amide bonds. The van der Waals surface area contributed by atoms with Crippen LogP contribution in [0.4, 0.5) is 14.5 Å². The van der Waals surface area contributed by atoms with E-state index < -0.39 is 17.6 Å². The van der Waals surface area contributed by atoms with Crippen molar-refractivity contribution in [3.8, 4) is 11.5 Å². The number of halogens is 2. The van der Waals surface area contributed by atoms with E-state index in [0.29, 0.717) is 0 Å². The first kappa shape index (κ1) is 14.8. The fourth-order valence-corrected chi connectivity index (χ4v) is 1.73. The van der Waals surface area contributed by atoms with Crippen LogP contribution in [0.1, 0.15) is 17.3 Å². The van der Waals surface area contributed by atoms with E-state index in [0.717, 1.165) is 18.2 Å². The molecule has 2 aromatic rings. The molecule has 0 radical (unpaired) electrons. The van der Waals surface area contributed by atoms with Crippen molar-refractivity contribution in [3.63, 3.8) is 0 Å². The van der Waals surface area contributed by atoms with E-state index in [-0.39, 0.29) is 29.4 Å². The molecule has 0 fully saturated rings. The number of nitrogen functional groups attached to an aromatic ring is 1. The molecule has 0 aliphatic heterocycles. The molecule has 0 aliphatic carbocycles. The summed E-state index contributed by atoms with van der Waals surface area (Å²) in [5, 5.41) is 0. The van der Waals surface area contributed by atoms with Crippen molar-refractivity contribution >= 4 is 11.7 Å². The second kappa shape index (κ2) is 6.21. The molecule has 6 heteroatoms. The smallest absolute Gasteiger partial charge is 0.340 e. The van der Waals surface area contributed by atoms with Crippen molar-refractivity contribution in [2.24, 2.45) is 0 Å². The Bertz CT molecular complexity index is 654. The van der Waals surface area contributed by atoms with Gasteiger partial charge in [0.15, 0.2) is 5.75 Å². The lowest BCUT2D eigenvalue weighted by molar-refractivity contribution is 0.0527. The zero-order chi connectivity index (χ0) is 15.4. The van der Waals surface area contributed by atoms with Gasteiger partial charge in [-0.15, -0.1) is 0 Å². The Hall–Kier alpha value is -2.63. The average molecular weight is 293 g/mol. The van der Waals surface area contributed by atoms with Crippen LogP contribution in [0.5, 0.6) is 11.5 Å². The Kier molecular flexibility index (Phi) is 4.37. The summed E-state index contributed by atoms with van der Waals surface area (Å²) in [5.41, 5.74) is 6.00. The summed E-state index contributed by atoms with van der Waals surface area (Å²) < 4.78 is 36.4. The van der Waals surface area contributed by atoms with Crippen molar-refractivity contribution < 1.29 is 23.0 Å². The molecule has 2 aromatic carbocycles. The maximum absolute atomic E-state index is 13.1. The molecule has 0 spiro atoms. The van der Waals surface area contributed by atoms with Gasteiger partial charge in [0, 0.05) is 18.2 Å². The summed E-state index contributed by atoms with van der Waals surface area (Å²) in [4.78, 5) is 11.7. The third kappa shape index (κ3) is 3.47. The van der Waals surface area contributed by atoms with Crippen molar-refractivity contribution in [2.75, 3.05) is 12.3 Å². The summed E-state index contributed by atoms with van der Waals surface area (Å²) in [5.74, 6) is -2.08. The third-order valence-electron chi connectivity index (χ3n) is 2.63.